The van der Waals surface area contributed by atoms with Gasteiger partial charge in [0.05, 0.1) is 22.1 Å². The first-order valence-corrected chi connectivity index (χ1v) is 15.3. The van der Waals surface area contributed by atoms with Crippen LogP contribution in [0.15, 0.2) is 97.3 Å². The van der Waals surface area contributed by atoms with Crippen LogP contribution in [0.1, 0.15) is 52.9 Å². The molecule has 42 heavy (non-hydrogen) atoms. The lowest BCUT2D eigenvalue weighted by atomic mass is 10.1. The van der Waals surface area contributed by atoms with Gasteiger partial charge in [-0.1, -0.05) is 77.9 Å². The van der Waals surface area contributed by atoms with Gasteiger partial charge in [0, 0.05) is 56.7 Å². The Kier molecular flexibility index (Phi) is 7.55. The number of para-hydroxylation sites is 2. The summed E-state index contributed by atoms with van der Waals surface area (Å²) in [5, 5.41) is 4.86. The average Bonchev–Trinajstić information content (AvgIpc) is 3.50. The Bertz CT molecular complexity index is 1860. The SMILES string of the molecule is CC.CC(C)Cc1cc2c(cn1)c1ccccc1n2-c1ccc(-n2c3ccccc3c3cnc(CC(C)C)cc32)cc1. The van der Waals surface area contributed by atoms with E-state index < -0.39 is 0 Å². The van der Waals surface area contributed by atoms with Gasteiger partial charge in [-0.15, -0.1) is 0 Å². The molecule has 4 heterocycles. The number of rotatable bonds is 6. The molecule has 0 aliphatic carbocycles. The molecule has 0 bridgehead atoms. The highest BCUT2D eigenvalue weighted by Crippen LogP contribution is 2.35. The molecule has 7 aromatic rings. The molecule has 0 fully saturated rings. The molecular formula is C38H40N4. The van der Waals surface area contributed by atoms with Gasteiger partial charge in [0.25, 0.3) is 0 Å². The fourth-order valence-corrected chi connectivity index (χ4v) is 6.18. The lowest BCUT2D eigenvalue weighted by molar-refractivity contribution is 0.636. The Labute approximate surface area is 248 Å². The van der Waals surface area contributed by atoms with Crippen molar-refractivity contribution in [3.05, 3.63) is 109 Å². The largest absolute Gasteiger partial charge is 0.309 e. The lowest BCUT2D eigenvalue weighted by Crippen LogP contribution is -2.00. The number of benzene rings is 3. The Morgan fingerprint density at radius 1 is 0.500 bits per heavy atom. The standard InChI is InChI=1S/C36H34N4.C2H6/c1-23(2)17-25-19-35-31(21-37-25)29-9-5-7-11-33(29)39(35)27-13-15-28(16-14-27)40-34-12-8-6-10-30(34)32-22-38-26(18-24(3)4)20-36(32)40;1-2/h5-16,19-24H,17-18H2,1-4H3;1-2H3. The van der Waals surface area contributed by atoms with Gasteiger partial charge in [0.1, 0.15) is 0 Å². The minimum Gasteiger partial charge on any atom is -0.309 e. The molecule has 0 saturated carbocycles. The van der Waals surface area contributed by atoms with E-state index in [9.17, 15) is 0 Å². The summed E-state index contributed by atoms with van der Waals surface area (Å²) in [5.74, 6) is 1.12. The second kappa shape index (κ2) is 11.4. The normalized spacial score (nSPS) is 11.7. The van der Waals surface area contributed by atoms with E-state index in [1.165, 1.54) is 43.6 Å². The maximum Gasteiger partial charge on any atom is 0.0574 e. The highest BCUT2D eigenvalue weighted by molar-refractivity contribution is 6.10. The van der Waals surface area contributed by atoms with Crippen LogP contribution in [0.5, 0.6) is 0 Å². The molecule has 4 nitrogen and oxygen atoms in total. The predicted molar refractivity (Wildman–Crippen MR) is 179 cm³/mol. The van der Waals surface area contributed by atoms with Crippen LogP contribution in [-0.2, 0) is 12.8 Å². The van der Waals surface area contributed by atoms with E-state index in [1.54, 1.807) is 0 Å². The summed E-state index contributed by atoms with van der Waals surface area (Å²) in [4.78, 5) is 9.63. The van der Waals surface area contributed by atoms with Crippen molar-refractivity contribution in [2.45, 2.75) is 54.4 Å². The zero-order chi connectivity index (χ0) is 29.4. The maximum atomic E-state index is 4.81. The number of aromatic nitrogens is 4. The Hall–Kier alpha value is -4.44. The summed E-state index contributed by atoms with van der Waals surface area (Å²) in [5.41, 5.74) is 9.41. The van der Waals surface area contributed by atoms with Crippen LogP contribution in [0.3, 0.4) is 0 Å². The van der Waals surface area contributed by atoms with E-state index in [0.29, 0.717) is 11.8 Å². The van der Waals surface area contributed by atoms with Gasteiger partial charge in [-0.3, -0.25) is 9.97 Å². The minimum absolute atomic E-state index is 0.560. The molecule has 3 aromatic carbocycles. The van der Waals surface area contributed by atoms with Crippen molar-refractivity contribution in [2.24, 2.45) is 11.8 Å². The Balaban J connectivity index is 0.00000155. The number of nitrogens with zero attached hydrogens (tertiary/aromatic N) is 4. The molecule has 212 valence electrons. The van der Waals surface area contributed by atoms with Crippen LogP contribution >= 0.6 is 0 Å². The quantitative estimate of drug-likeness (QED) is 0.206. The molecule has 0 aliphatic heterocycles. The highest BCUT2D eigenvalue weighted by atomic mass is 15.0. The molecule has 7 rings (SSSR count). The zero-order valence-electron chi connectivity index (χ0n) is 25.6. The van der Waals surface area contributed by atoms with E-state index >= 15 is 0 Å². The molecule has 0 amide bonds. The third kappa shape index (κ3) is 4.85. The van der Waals surface area contributed by atoms with Gasteiger partial charge in [-0.2, -0.15) is 0 Å². The van der Waals surface area contributed by atoms with Crippen molar-refractivity contribution < 1.29 is 0 Å². The third-order valence-corrected chi connectivity index (χ3v) is 7.83. The van der Waals surface area contributed by atoms with Gasteiger partial charge in [-0.25, -0.2) is 0 Å². The van der Waals surface area contributed by atoms with Crippen LogP contribution in [0.4, 0.5) is 0 Å². The average molecular weight is 553 g/mol. The van der Waals surface area contributed by atoms with Crippen molar-refractivity contribution in [2.75, 3.05) is 0 Å². The van der Waals surface area contributed by atoms with E-state index in [4.69, 9.17) is 9.97 Å². The lowest BCUT2D eigenvalue weighted by Gasteiger charge is -2.12. The van der Waals surface area contributed by atoms with Gasteiger partial charge in [-0.05, 0) is 73.2 Å². The Morgan fingerprint density at radius 3 is 1.26 bits per heavy atom. The van der Waals surface area contributed by atoms with Crippen LogP contribution in [-0.4, -0.2) is 19.1 Å². The highest BCUT2D eigenvalue weighted by Gasteiger charge is 2.16. The second-order valence-corrected chi connectivity index (χ2v) is 11.8. The first-order chi connectivity index (χ1) is 20.5. The monoisotopic (exact) mass is 552 g/mol. The molecule has 0 radical (unpaired) electrons. The fraction of sp³-hybridized carbons (Fsp3) is 0.263. The molecule has 4 aromatic heterocycles. The summed E-state index contributed by atoms with van der Waals surface area (Å²) in [6.07, 6.45) is 6.05. The topological polar surface area (TPSA) is 35.6 Å². The number of pyridine rings is 2. The van der Waals surface area contributed by atoms with Crippen LogP contribution in [0.25, 0.3) is 55.0 Å². The van der Waals surface area contributed by atoms with Gasteiger partial charge in [0.15, 0.2) is 0 Å². The molecule has 0 saturated heterocycles. The van der Waals surface area contributed by atoms with Gasteiger partial charge >= 0.3 is 0 Å². The molecule has 0 spiro atoms. The van der Waals surface area contributed by atoms with E-state index in [2.05, 4.69) is 134 Å². The number of fused-ring (bicyclic) bond motifs is 6. The predicted octanol–water partition coefficient (Wildman–Crippen LogP) is 10.1. The molecule has 4 heteroatoms. The summed E-state index contributed by atoms with van der Waals surface area (Å²) < 4.78 is 4.77. The van der Waals surface area contributed by atoms with Crippen molar-refractivity contribution in [1.82, 2.24) is 19.1 Å². The first-order valence-electron chi connectivity index (χ1n) is 15.3. The smallest absolute Gasteiger partial charge is 0.0574 e. The molecule has 0 N–H and O–H groups in total. The fourth-order valence-electron chi connectivity index (χ4n) is 6.18. The summed E-state index contributed by atoms with van der Waals surface area (Å²) in [7, 11) is 0. The van der Waals surface area contributed by atoms with Crippen LogP contribution in [0.2, 0.25) is 0 Å². The van der Waals surface area contributed by atoms with Crippen molar-refractivity contribution in [1.29, 1.82) is 0 Å². The van der Waals surface area contributed by atoms with Crippen molar-refractivity contribution in [3.63, 3.8) is 0 Å². The van der Waals surface area contributed by atoms with Crippen LogP contribution < -0.4 is 0 Å². The third-order valence-electron chi connectivity index (χ3n) is 7.83. The van der Waals surface area contributed by atoms with E-state index in [-0.39, 0.29) is 0 Å². The molecule has 0 atom stereocenters. The van der Waals surface area contributed by atoms with E-state index in [1.807, 2.05) is 13.8 Å². The van der Waals surface area contributed by atoms with E-state index in [0.717, 1.165) is 35.6 Å². The first kappa shape index (κ1) is 27.7. The molecular weight excluding hydrogens is 512 g/mol. The summed E-state index contributed by atoms with van der Waals surface area (Å²) >= 11 is 0. The number of hydrogen-bond acceptors (Lipinski definition) is 2. The number of hydrogen-bond donors (Lipinski definition) is 0. The zero-order valence-corrected chi connectivity index (χ0v) is 25.6. The molecule has 0 aliphatic rings. The maximum absolute atomic E-state index is 4.81. The van der Waals surface area contributed by atoms with Crippen LogP contribution in [0, 0.1) is 11.8 Å². The van der Waals surface area contributed by atoms with Gasteiger partial charge in [0.2, 0.25) is 0 Å². The minimum atomic E-state index is 0.560. The molecule has 0 unspecified atom stereocenters. The van der Waals surface area contributed by atoms with Crippen molar-refractivity contribution in [3.8, 4) is 11.4 Å². The van der Waals surface area contributed by atoms with Gasteiger partial charge < -0.3 is 9.13 Å². The second-order valence-electron chi connectivity index (χ2n) is 11.8. The Morgan fingerprint density at radius 2 is 0.881 bits per heavy atom. The summed E-state index contributed by atoms with van der Waals surface area (Å²) in [6, 6.07) is 30.8. The summed E-state index contributed by atoms with van der Waals surface area (Å²) in [6.45, 7) is 13.0. The van der Waals surface area contributed by atoms with Crippen molar-refractivity contribution >= 4 is 43.6 Å².